The van der Waals surface area contributed by atoms with Gasteiger partial charge in [0.2, 0.25) is 0 Å². The second kappa shape index (κ2) is 4.59. The van der Waals surface area contributed by atoms with E-state index in [-0.39, 0.29) is 6.42 Å². The molecule has 0 fully saturated rings. The lowest BCUT2D eigenvalue weighted by Gasteiger charge is -1.91. The number of carbonyl (C=O) groups is 1. The first kappa shape index (κ1) is 7.43. The molecule has 0 aliphatic heterocycles. The summed E-state index contributed by atoms with van der Waals surface area (Å²) in [5, 5.41) is 8.06. The minimum Gasteiger partial charge on any atom is -0.481 e. The van der Waals surface area contributed by atoms with Crippen molar-refractivity contribution in [3.63, 3.8) is 0 Å². The lowest BCUT2D eigenvalue weighted by atomic mass is 10.3. The van der Waals surface area contributed by atoms with Crippen LogP contribution < -0.4 is 0 Å². The summed E-state index contributed by atoms with van der Waals surface area (Å²) in [5.41, 5.74) is 0. The van der Waals surface area contributed by atoms with Crippen molar-refractivity contribution in [3.05, 3.63) is 7.11 Å². The van der Waals surface area contributed by atoms with E-state index in [0.29, 0.717) is 13.0 Å². The van der Waals surface area contributed by atoms with E-state index in [9.17, 15) is 4.79 Å². The minimum absolute atomic E-state index is 0.162. The standard InChI is InChI=1S/C5H9O3/c1-8-4-2-3-5(6)7/h1-4H2,(H,6,7). The van der Waals surface area contributed by atoms with E-state index >= 15 is 0 Å². The number of carboxylic acid groups (broad SMARTS) is 1. The van der Waals surface area contributed by atoms with Gasteiger partial charge in [0.15, 0.2) is 0 Å². The fourth-order valence-electron chi connectivity index (χ4n) is 0.325. The Hall–Kier alpha value is -0.570. The summed E-state index contributed by atoms with van der Waals surface area (Å²) in [6, 6.07) is 0. The van der Waals surface area contributed by atoms with Gasteiger partial charge in [-0.1, -0.05) is 0 Å². The zero-order valence-electron chi connectivity index (χ0n) is 4.59. The zero-order valence-corrected chi connectivity index (χ0v) is 4.59. The molecular weight excluding hydrogens is 108 g/mol. The number of carboxylic acids is 1. The van der Waals surface area contributed by atoms with Crippen LogP contribution in [-0.2, 0) is 9.53 Å². The molecule has 0 atom stereocenters. The quantitative estimate of drug-likeness (QED) is 0.550. The molecule has 0 saturated carbocycles. The number of hydrogen-bond acceptors (Lipinski definition) is 2. The third-order valence-electron chi connectivity index (χ3n) is 0.679. The van der Waals surface area contributed by atoms with Gasteiger partial charge in [-0.3, -0.25) is 4.79 Å². The number of aliphatic carboxylic acids is 1. The van der Waals surface area contributed by atoms with Gasteiger partial charge in [-0.2, -0.15) is 0 Å². The van der Waals surface area contributed by atoms with Crippen LogP contribution in [0.5, 0.6) is 0 Å². The Bertz CT molecular complexity index is 70.1. The SMILES string of the molecule is [CH2]OCCCC(=O)O. The number of rotatable bonds is 4. The molecule has 47 valence electrons. The highest BCUT2D eigenvalue weighted by atomic mass is 16.5. The van der Waals surface area contributed by atoms with Gasteiger partial charge in [-0.05, 0) is 6.42 Å². The maximum Gasteiger partial charge on any atom is 0.303 e. The van der Waals surface area contributed by atoms with Crippen molar-refractivity contribution in [1.82, 2.24) is 0 Å². The molecule has 8 heavy (non-hydrogen) atoms. The molecule has 1 radical (unpaired) electrons. The van der Waals surface area contributed by atoms with E-state index in [2.05, 4.69) is 11.8 Å². The van der Waals surface area contributed by atoms with Crippen LogP contribution in [0.1, 0.15) is 12.8 Å². The van der Waals surface area contributed by atoms with Crippen LogP contribution in [0.4, 0.5) is 0 Å². The minimum atomic E-state index is -0.790. The van der Waals surface area contributed by atoms with E-state index in [4.69, 9.17) is 5.11 Å². The predicted molar refractivity (Wildman–Crippen MR) is 28.2 cm³/mol. The lowest BCUT2D eigenvalue weighted by Crippen LogP contribution is -1.96. The lowest BCUT2D eigenvalue weighted by molar-refractivity contribution is -0.137. The molecule has 0 saturated heterocycles. The molecule has 3 heteroatoms. The first-order chi connectivity index (χ1) is 3.77. The Labute approximate surface area is 48.3 Å². The van der Waals surface area contributed by atoms with Crippen molar-refractivity contribution in [2.24, 2.45) is 0 Å². The molecule has 0 aliphatic rings. The molecule has 0 amide bonds. The summed E-state index contributed by atoms with van der Waals surface area (Å²) in [7, 11) is 3.09. The zero-order chi connectivity index (χ0) is 6.41. The van der Waals surface area contributed by atoms with Crippen LogP contribution in [0.15, 0.2) is 0 Å². The Kier molecular flexibility index (Phi) is 4.26. The molecule has 0 rings (SSSR count). The van der Waals surface area contributed by atoms with Crippen molar-refractivity contribution in [2.75, 3.05) is 6.61 Å². The fourth-order valence-corrected chi connectivity index (χ4v) is 0.325. The highest BCUT2D eigenvalue weighted by Gasteiger charge is 1.93. The highest BCUT2D eigenvalue weighted by molar-refractivity contribution is 5.66. The summed E-state index contributed by atoms with van der Waals surface area (Å²) in [4.78, 5) is 9.80. The molecule has 0 spiro atoms. The molecule has 0 aliphatic carbocycles. The third-order valence-corrected chi connectivity index (χ3v) is 0.679. The van der Waals surface area contributed by atoms with Crippen molar-refractivity contribution < 1.29 is 14.6 Å². The summed E-state index contributed by atoms with van der Waals surface area (Å²) >= 11 is 0. The topological polar surface area (TPSA) is 46.5 Å². The second-order valence-electron chi connectivity index (χ2n) is 1.41. The molecule has 1 N–H and O–H groups in total. The Morgan fingerprint density at radius 2 is 2.38 bits per heavy atom. The maximum absolute atomic E-state index is 9.80. The average Bonchev–Trinajstić information content (AvgIpc) is 1.66. The molecule has 3 nitrogen and oxygen atoms in total. The molecule has 0 heterocycles. The van der Waals surface area contributed by atoms with Gasteiger partial charge < -0.3 is 9.84 Å². The maximum atomic E-state index is 9.80. The van der Waals surface area contributed by atoms with Crippen molar-refractivity contribution in [3.8, 4) is 0 Å². The van der Waals surface area contributed by atoms with Crippen LogP contribution in [0.2, 0.25) is 0 Å². The number of ether oxygens (including phenoxy) is 1. The molecule has 0 aromatic rings. The fraction of sp³-hybridized carbons (Fsp3) is 0.600. The first-order valence-electron chi connectivity index (χ1n) is 2.36. The largest absolute Gasteiger partial charge is 0.481 e. The molecule has 0 bridgehead atoms. The summed E-state index contributed by atoms with van der Waals surface area (Å²) < 4.78 is 4.38. The van der Waals surface area contributed by atoms with E-state index in [0.717, 1.165) is 0 Å². The van der Waals surface area contributed by atoms with Gasteiger partial charge in [0, 0.05) is 13.0 Å². The smallest absolute Gasteiger partial charge is 0.303 e. The third kappa shape index (κ3) is 5.43. The predicted octanol–water partition coefficient (Wildman–Crippen LogP) is 0.659. The molecule has 0 aromatic heterocycles. The average molecular weight is 117 g/mol. The van der Waals surface area contributed by atoms with Gasteiger partial charge in [0.25, 0.3) is 0 Å². The van der Waals surface area contributed by atoms with E-state index < -0.39 is 5.97 Å². The molecule has 0 aromatic carbocycles. The first-order valence-corrected chi connectivity index (χ1v) is 2.36. The van der Waals surface area contributed by atoms with E-state index in [1.54, 1.807) is 0 Å². The second-order valence-corrected chi connectivity index (χ2v) is 1.41. The Morgan fingerprint density at radius 1 is 1.75 bits per heavy atom. The van der Waals surface area contributed by atoms with Crippen LogP contribution >= 0.6 is 0 Å². The normalized spacial score (nSPS) is 9.12. The van der Waals surface area contributed by atoms with E-state index in [1.165, 1.54) is 0 Å². The van der Waals surface area contributed by atoms with Gasteiger partial charge in [0.1, 0.15) is 0 Å². The van der Waals surface area contributed by atoms with Crippen LogP contribution in [0.25, 0.3) is 0 Å². The Morgan fingerprint density at radius 3 is 2.75 bits per heavy atom. The summed E-state index contributed by atoms with van der Waals surface area (Å²) in [6.45, 7) is 0.423. The van der Waals surface area contributed by atoms with Crippen molar-refractivity contribution in [2.45, 2.75) is 12.8 Å². The molecule has 0 unspecified atom stereocenters. The van der Waals surface area contributed by atoms with E-state index in [1.807, 2.05) is 0 Å². The van der Waals surface area contributed by atoms with Crippen LogP contribution in [0.3, 0.4) is 0 Å². The van der Waals surface area contributed by atoms with Crippen molar-refractivity contribution in [1.29, 1.82) is 0 Å². The van der Waals surface area contributed by atoms with Gasteiger partial charge in [0.05, 0.1) is 7.11 Å². The number of hydrogen-bond donors (Lipinski definition) is 1. The molecular formula is C5H9O3. The monoisotopic (exact) mass is 117 g/mol. The van der Waals surface area contributed by atoms with Gasteiger partial charge in [-0.15, -0.1) is 0 Å². The summed E-state index contributed by atoms with van der Waals surface area (Å²) in [5.74, 6) is -0.790. The highest BCUT2D eigenvalue weighted by Crippen LogP contribution is 1.87. The van der Waals surface area contributed by atoms with Gasteiger partial charge >= 0.3 is 5.97 Å². The summed E-state index contributed by atoms with van der Waals surface area (Å²) in [6.07, 6.45) is 0.703. The van der Waals surface area contributed by atoms with Crippen LogP contribution in [0, 0.1) is 7.11 Å². The van der Waals surface area contributed by atoms with Crippen molar-refractivity contribution >= 4 is 5.97 Å². The van der Waals surface area contributed by atoms with Gasteiger partial charge in [-0.25, -0.2) is 0 Å². The Balaban J connectivity index is 2.82. The van der Waals surface area contributed by atoms with Crippen LogP contribution in [-0.4, -0.2) is 17.7 Å².